The summed E-state index contributed by atoms with van der Waals surface area (Å²) in [5, 5.41) is 18.9. The first-order valence-corrected chi connectivity index (χ1v) is 6.33. The van der Waals surface area contributed by atoms with E-state index >= 15 is 0 Å². The van der Waals surface area contributed by atoms with Crippen LogP contribution in [0.1, 0.15) is 22.5 Å². The minimum Gasteiger partial charge on any atom is -0.475 e. The SMILES string of the molecule is Cc1cccn2c(C(=O)CCl)c(O)[n+](CCC#N)c12. The molecule has 0 radical (unpaired) electrons. The lowest BCUT2D eigenvalue weighted by Crippen LogP contribution is -2.33. The molecule has 19 heavy (non-hydrogen) atoms. The summed E-state index contributed by atoms with van der Waals surface area (Å²) in [5.41, 5.74) is 1.76. The average Bonchev–Trinajstić information content (AvgIpc) is 2.69. The van der Waals surface area contributed by atoms with Crippen LogP contribution in [-0.2, 0) is 6.54 Å². The van der Waals surface area contributed by atoms with Crippen molar-refractivity contribution in [1.29, 1.82) is 5.26 Å². The van der Waals surface area contributed by atoms with E-state index in [1.54, 1.807) is 21.2 Å². The zero-order valence-electron chi connectivity index (χ0n) is 10.4. The minimum absolute atomic E-state index is 0.143. The molecule has 2 aromatic heterocycles. The second-order valence-electron chi connectivity index (χ2n) is 4.17. The zero-order valence-corrected chi connectivity index (χ0v) is 11.2. The molecule has 6 heteroatoms. The maximum atomic E-state index is 11.9. The summed E-state index contributed by atoms with van der Waals surface area (Å²) in [6, 6.07) is 5.70. The molecule has 2 rings (SSSR count). The van der Waals surface area contributed by atoms with Gasteiger partial charge in [0.1, 0.15) is 6.54 Å². The Morgan fingerprint density at radius 2 is 2.37 bits per heavy atom. The molecule has 2 aromatic rings. The number of nitrogens with zero attached hydrogens (tertiary/aromatic N) is 3. The maximum Gasteiger partial charge on any atom is 0.334 e. The molecule has 0 aliphatic carbocycles. The van der Waals surface area contributed by atoms with Gasteiger partial charge in [0, 0.05) is 5.56 Å². The number of imidazole rings is 1. The van der Waals surface area contributed by atoms with Gasteiger partial charge in [-0.2, -0.15) is 14.2 Å². The van der Waals surface area contributed by atoms with Crippen LogP contribution in [0.2, 0.25) is 0 Å². The van der Waals surface area contributed by atoms with Crippen molar-refractivity contribution >= 4 is 23.0 Å². The van der Waals surface area contributed by atoms with E-state index in [1.807, 2.05) is 19.1 Å². The molecule has 0 saturated carbocycles. The van der Waals surface area contributed by atoms with Gasteiger partial charge in [-0.1, -0.05) is 0 Å². The third kappa shape index (κ3) is 2.15. The number of fused-ring (bicyclic) bond motifs is 1. The molecule has 0 amide bonds. The number of hydrogen-bond acceptors (Lipinski definition) is 3. The van der Waals surface area contributed by atoms with Crippen LogP contribution in [0.5, 0.6) is 5.88 Å². The molecule has 0 saturated heterocycles. The number of aryl methyl sites for hydroxylation is 2. The Morgan fingerprint density at radius 3 is 3.00 bits per heavy atom. The number of ketones is 1. The molecule has 0 aliphatic rings. The highest BCUT2D eigenvalue weighted by atomic mass is 35.5. The van der Waals surface area contributed by atoms with E-state index in [4.69, 9.17) is 16.9 Å². The van der Waals surface area contributed by atoms with Crippen molar-refractivity contribution in [2.45, 2.75) is 19.9 Å². The lowest BCUT2D eigenvalue weighted by Gasteiger charge is -1.96. The van der Waals surface area contributed by atoms with E-state index < -0.39 is 0 Å². The number of rotatable bonds is 4. The van der Waals surface area contributed by atoms with Gasteiger partial charge in [-0.15, -0.1) is 11.6 Å². The fourth-order valence-electron chi connectivity index (χ4n) is 2.16. The normalized spacial score (nSPS) is 10.6. The molecule has 5 nitrogen and oxygen atoms in total. The molecule has 0 aromatic carbocycles. The monoisotopic (exact) mass is 278 g/mol. The van der Waals surface area contributed by atoms with Gasteiger partial charge in [-0.25, -0.2) is 0 Å². The lowest BCUT2D eigenvalue weighted by molar-refractivity contribution is -0.676. The van der Waals surface area contributed by atoms with Crippen molar-refractivity contribution in [3.05, 3.63) is 29.6 Å². The van der Waals surface area contributed by atoms with Crippen LogP contribution < -0.4 is 4.57 Å². The van der Waals surface area contributed by atoms with Gasteiger partial charge in [0.25, 0.3) is 11.3 Å². The second kappa shape index (κ2) is 5.29. The number of pyridine rings is 1. The Labute approximate surface area is 115 Å². The third-order valence-electron chi connectivity index (χ3n) is 2.96. The van der Waals surface area contributed by atoms with Crippen molar-refractivity contribution in [2.24, 2.45) is 0 Å². The van der Waals surface area contributed by atoms with Crippen molar-refractivity contribution in [3.8, 4) is 11.9 Å². The molecular formula is C13H13ClN3O2+. The maximum absolute atomic E-state index is 11.9. The number of alkyl halides is 1. The highest BCUT2D eigenvalue weighted by Gasteiger charge is 2.30. The third-order valence-corrected chi connectivity index (χ3v) is 3.20. The fraction of sp³-hybridized carbons (Fsp3) is 0.308. The van der Waals surface area contributed by atoms with Gasteiger partial charge in [0.05, 0.1) is 24.6 Å². The molecular weight excluding hydrogens is 266 g/mol. The zero-order chi connectivity index (χ0) is 14.0. The number of carbonyl (C=O) groups excluding carboxylic acids is 1. The molecule has 1 N–H and O–H groups in total. The van der Waals surface area contributed by atoms with Crippen LogP contribution in [0.3, 0.4) is 0 Å². The highest BCUT2D eigenvalue weighted by Crippen LogP contribution is 2.20. The standard InChI is InChI=1S/C13H12ClN3O2/c1-9-4-2-6-16-11(10(18)8-14)13(19)17(12(9)16)7-3-5-15/h2,4,6H,3,7-8H2,1H3/p+1. The Bertz CT molecular complexity index is 685. The summed E-state index contributed by atoms with van der Waals surface area (Å²) in [7, 11) is 0. The van der Waals surface area contributed by atoms with Gasteiger partial charge in [-0.05, 0) is 19.1 Å². The van der Waals surface area contributed by atoms with Gasteiger partial charge >= 0.3 is 5.88 Å². The van der Waals surface area contributed by atoms with Gasteiger partial charge in [-0.3, -0.25) is 4.79 Å². The number of halogens is 1. The first kappa shape index (κ1) is 13.4. The van der Waals surface area contributed by atoms with E-state index in [-0.39, 0.29) is 29.7 Å². The van der Waals surface area contributed by atoms with Crippen LogP contribution in [0.25, 0.3) is 5.65 Å². The number of carbonyl (C=O) groups is 1. The van der Waals surface area contributed by atoms with Crippen LogP contribution in [0.15, 0.2) is 18.3 Å². The van der Waals surface area contributed by atoms with Crippen molar-refractivity contribution < 1.29 is 14.5 Å². The van der Waals surface area contributed by atoms with E-state index in [0.29, 0.717) is 12.2 Å². The summed E-state index contributed by atoms with van der Waals surface area (Å²) in [4.78, 5) is 11.9. The lowest BCUT2D eigenvalue weighted by atomic mass is 10.3. The Balaban J connectivity index is 2.77. The van der Waals surface area contributed by atoms with Crippen molar-refractivity contribution in [3.63, 3.8) is 0 Å². The van der Waals surface area contributed by atoms with Crippen LogP contribution >= 0.6 is 11.6 Å². The summed E-state index contributed by atoms with van der Waals surface area (Å²) in [6.45, 7) is 2.21. The van der Waals surface area contributed by atoms with E-state index in [0.717, 1.165) is 5.56 Å². The second-order valence-corrected chi connectivity index (χ2v) is 4.44. The predicted molar refractivity (Wildman–Crippen MR) is 69.3 cm³/mol. The van der Waals surface area contributed by atoms with Crippen molar-refractivity contribution in [2.75, 3.05) is 5.88 Å². The van der Waals surface area contributed by atoms with Gasteiger partial charge in [0.2, 0.25) is 5.78 Å². The minimum atomic E-state index is -0.351. The number of nitriles is 1. The molecule has 98 valence electrons. The number of aromatic nitrogens is 2. The summed E-state index contributed by atoms with van der Waals surface area (Å²) >= 11 is 5.58. The molecule has 0 unspecified atom stereocenters. The van der Waals surface area contributed by atoms with E-state index in [2.05, 4.69) is 0 Å². The highest BCUT2D eigenvalue weighted by molar-refractivity contribution is 6.30. The summed E-state index contributed by atoms with van der Waals surface area (Å²) in [5.74, 6) is -0.697. The van der Waals surface area contributed by atoms with Gasteiger partial charge in [0.15, 0.2) is 0 Å². The number of aromatic hydroxyl groups is 1. The van der Waals surface area contributed by atoms with E-state index in [1.165, 1.54) is 0 Å². The topological polar surface area (TPSA) is 69.4 Å². The summed E-state index contributed by atoms with van der Waals surface area (Å²) < 4.78 is 3.19. The van der Waals surface area contributed by atoms with Crippen molar-refractivity contribution in [1.82, 2.24) is 4.40 Å². The molecule has 0 fully saturated rings. The molecule has 0 atom stereocenters. The molecule has 0 bridgehead atoms. The Kier molecular flexibility index (Phi) is 3.72. The van der Waals surface area contributed by atoms with Crippen LogP contribution in [-0.4, -0.2) is 21.2 Å². The smallest absolute Gasteiger partial charge is 0.334 e. The van der Waals surface area contributed by atoms with Crippen LogP contribution in [0, 0.1) is 18.3 Å². The average molecular weight is 279 g/mol. The molecule has 2 heterocycles. The largest absolute Gasteiger partial charge is 0.475 e. The fourth-order valence-corrected chi connectivity index (χ4v) is 2.29. The predicted octanol–water partition coefficient (Wildman–Crippen LogP) is 1.58. The Hall–Kier alpha value is -2.06. The first-order chi connectivity index (χ1) is 9.11. The first-order valence-electron chi connectivity index (χ1n) is 5.80. The number of Topliss-reactive ketones (excluding diaryl/α,β-unsaturated/α-hetero) is 1. The van der Waals surface area contributed by atoms with Crippen LogP contribution in [0.4, 0.5) is 0 Å². The molecule has 0 spiro atoms. The quantitative estimate of drug-likeness (QED) is 0.524. The number of hydrogen-bond donors (Lipinski definition) is 1. The van der Waals surface area contributed by atoms with E-state index in [9.17, 15) is 9.90 Å². The Morgan fingerprint density at radius 1 is 1.63 bits per heavy atom. The van der Waals surface area contributed by atoms with Gasteiger partial charge < -0.3 is 5.11 Å². The summed E-state index contributed by atoms with van der Waals surface area (Å²) in [6.07, 6.45) is 1.95. The molecule has 0 aliphatic heterocycles.